The van der Waals surface area contributed by atoms with Gasteiger partial charge in [-0.3, -0.25) is 9.48 Å². The van der Waals surface area contributed by atoms with Crippen molar-refractivity contribution in [1.29, 1.82) is 0 Å². The number of halogens is 3. The van der Waals surface area contributed by atoms with E-state index in [2.05, 4.69) is 10.1 Å². The Kier molecular flexibility index (Phi) is 4.65. The van der Waals surface area contributed by atoms with Crippen molar-refractivity contribution in [1.82, 2.24) is 19.7 Å². The van der Waals surface area contributed by atoms with E-state index in [9.17, 15) is 18.0 Å². The van der Waals surface area contributed by atoms with E-state index >= 15 is 0 Å². The fraction of sp³-hybridized carbons (Fsp3) is 0.526. The number of benzene rings is 1. The van der Waals surface area contributed by atoms with Crippen molar-refractivity contribution >= 4 is 5.91 Å². The Morgan fingerprint density at radius 3 is 2.68 bits per heavy atom. The Balaban J connectivity index is 1.64. The molecule has 1 aromatic heterocycles. The van der Waals surface area contributed by atoms with Gasteiger partial charge in [-0.1, -0.05) is 25.0 Å². The summed E-state index contributed by atoms with van der Waals surface area (Å²) in [6.07, 6.45) is -0.0130. The first-order valence-corrected chi connectivity index (χ1v) is 9.25. The van der Waals surface area contributed by atoms with Gasteiger partial charge in [-0.05, 0) is 30.5 Å². The maximum absolute atomic E-state index is 13.1. The SMILES string of the molecule is Cn1cnc(C(=O)N2C[C@@H](c3cccc(C(F)(F)F)c3)OCC23CCCC3)n1. The molecule has 0 bridgehead atoms. The van der Waals surface area contributed by atoms with E-state index in [1.54, 1.807) is 18.0 Å². The molecular formula is C19H21F3N4O2. The van der Waals surface area contributed by atoms with Gasteiger partial charge in [0.2, 0.25) is 5.82 Å². The van der Waals surface area contributed by atoms with Crippen LogP contribution in [0.5, 0.6) is 0 Å². The predicted molar refractivity (Wildman–Crippen MR) is 93.4 cm³/mol. The molecule has 2 aromatic rings. The molecule has 6 nitrogen and oxygen atoms in total. The molecule has 1 aliphatic heterocycles. The average molecular weight is 394 g/mol. The lowest BCUT2D eigenvalue weighted by Crippen LogP contribution is -2.58. The summed E-state index contributed by atoms with van der Waals surface area (Å²) in [5.41, 5.74) is -0.748. The predicted octanol–water partition coefficient (Wildman–Crippen LogP) is 3.36. The molecule has 1 atom stereocenters. The summed E-state index contributed by atoms with van der Waals surface area (Å²) < 4.78 is 46.7. The summed E-state index contributed by atoms with van der Waals surface area (Å²) >= 11 is 0. The first-order valence-electron chi connectivity index (χ1n) is 9.25. The third-order valence-corrected chi connectivity index (χ3v) is 5.63. The molecule has 0 N–H and O–H groups in total. The van der Waals surface area contributed by atoms with Gasteiger partial charge in [0.1, 0.15) is 12.4 Å². The number of carbonyl (C=O) groups excluding carboxylic acids is 1. The molecule has 1 aromatic carbocycles. The summed E-state index contributed by atoms with van der Waals surface area (Å²) in [7, 11) is 1.68. The standard InChI is InChI=1S/C19H21F3N4O2/c1-25-12-23-16(24-25)17(27)26-10-15(28-11-18(26)7-2-3-8-18)13-5-4-6-14(9-13)19(20,21)22/h4-6,9,12,15H,2-3,7-8,10-11H2,1H3/t15-/m0/s1. The largest absolute Gasteiger partial charge is 0.416 e. The van der Waals surface area contributed by atoms with E-state index < -0.39 is 23.4 Å². The number of nitrogens with zero attached hydrogens (tertiary/aromatic N) is 4. The quantitative estimate of drug-likeness (QED) is 0.784. The van der Waals surface area contributed by atoms with Crippen LogP contribution >= 0.6 is 0 Å². The molecule has 1 aliphatic carbocycles. The third-order valence-electron chi connectivity index (χ3n) is 5.63. The van der Waals surface area contributed by atoms with Gasteiger partial charge in [0.25, 0.3) is 5.91 Å². The van der Waals surface area contributed by atoms with E-state index in [0.29, 0.717) is 12.2 Å². The topological polar surface area (TPSA) is 60.2 Å². The molecule has 4 rings (SSSR count). The zero-order chi connectivity index (χ0) is 19.9. The van der Waals surface area contributed by atoms with Crippen molar-refractivity contribution in [2.75, 3.05) is 13.2 Å². The molecule has 1 amide bonds. The highest BCUT2D eigenvalue weighted by atomic mass is 19.4. The molecule has 1 saturated heterocycles. The van der Waals surface area contributed by atoms with Gasteiger partial charge in [0, 0.05) is 7.05 Å². The Labute approximate surface area is 160 Å². The summed E-state index contributed by atoms with van der Waals surface area (Å²) in [5.74, 6) is -0.207. The van der Waals surface area contributed by atoms with Gasteiger partial charge in [-0.2, -0.15) is 13.2 Å². The maximum Gasteiger partial charge on any atom is 0.416 e. The molecule has 2 fully saturated rings. The maximum atomic E-state index is 13.1. The molecule has 2 aliphatic rings. The minimum absolute atomic E-state index is 0.0958. The second-order valence-electron chi connectivity index (χ2n) is 7.51. The van der Waals surface area contributed by atoms with Crippen LogP contribution in [-0.2, 0) is 18.0 Å². The number of rotatable bonds is 2. The van der Waals surface area contributed by atoms with Crippen molar-refractivity contribution < 1.29 is 22.7 Å². The zero-order valence-electron chi connectivity index (χ0n) is 15.4. The molecule has 0 unspecified atom stereocenters. The second kappa shape index (κ2) is 6.88. The second-order valence-corrected chi connectivity index (χ2v) is 7.51. The van der Waals surface area contributed by atoms with Crippen LogP contribution in [0.15, 0.2) is 30.6 Å². The first kappa shape index (κ1) is 18.9. The number of aromatic nitrogens is 3. The third kappa shape index (κ3) is 3.39. The van der Waals surface area contributed by atoms with Crippen LogP contribution in [0.4, 0.5) is 13.2 Å². The Bertz CT molecular complexity index is 874. The summed E-state index contributed by atoms with van der Waals surface area (Å²) in [4.78, 5) is 18.9. The molecule has 28 heavy (non-hydrogen) atoms. The van der Waals surface area contributed by atoms with E-state index in [1.807, 2.05) is 0 Å². The lowest BCUT2D eigenvalue weighted by atomic mass is 9.91. The number of hydrogen-bond acceptors (Lipinski definition) is 4. The molecule has 2 heterocycles. The highest BCUT2D eigenvalue weighted by Crippen LogP contribution is 2.42. The normalized spacial score (nSPS) is 22.0. The lowest BCUT2D eigenvalue weighted by molar-refractivity contribution is -0.138. The molecule has 1 spiro atoms. The van der Waals surface area contributed by atoms with Crippen molar-refractivity contribution in [3.63, 3.8) is 0 Å². The number of alkyl halides is 3. The Morgan fingerprint density at radius 2 is 2.04 bits per heavy atom. The minimum atomic E-state index is -4.43. The zero-order valence-corrected chi connectivity index (χ0v) is 15.4. The van der Waals surface area contributed by atoms with Gasteiger partial charge in [-0.15, -0.1) is 5.10 Å². The summed E-state index contributed by atoms with van der Waals surface area (Å²) in [6.45, 7) is 0.477. The number of aryl methyl sites for hydroxylation is 1. The highest BCUT2D eigenvalue weighted by molar-refractivity contribution is 5.91. The number of carbonyl (C=O) groups is 1. The molecule has 1 saturated carbocycles. The Hall–Kier alpha value is -2.42. The van der Waals surface area contributed by atoms with Crippen molar-refractivity contribution in [2.24, 2.45) is 7.05 Å². The van der Waals surface area contributed by atoms with Crippen LogP contribution in [0, 0.1) is 0 Å². The van der Waals surface area contributed by atoms with Crippen LogP contribution in [0.2, 0.25) is 0 Å². The number of morpholine rings is 1. The number of ether oxygens (including phenoxy) is 1. The van der Waals surface area contributed by atoms with Crippen molar-refractivity contribution in [2.45, 2.75) is 43.5 Å². The first-order chi connectivity index (χ1) is 13.3. The molecular weight excluding hydrogens is 373 g/mol. The van der Waals surface area contributed by atoms with E-state index in [4.69, 9.17) is 4.74 Å². The molecule has 0 radical (unpaired) electrons. The van der Waals surface area contributed by atoms with Crippen LogP contribution < -0.4 is 0 Å². The summed E-state index contributed by atoms with van der Waals surface area (Å²) in [6, 6.07) is 5.10. The van der Waals surface area contributed by atoms with Crippen LogP contribution in [0.25, 0.3) is 0 Å². The van der Waals surface area contributed by atoms with E-state index in [0.717, 1.165) is 37.8 Å². The van der Waals surface area contributed by atoms with Crippen LogP contribution in [0.3, 0.4) is 0 Å². The van der Waals surface area contributed by atoms with Crippen LogP contribution in [0.1, 0.15) is 53.5 Å². The summed E-state index contributed by atoms with van der Waals surface area (Å²) in [5, 5.41) is 4.11. The molecule has 9 heteroatoms. The Morgan fingerprint density at radius 1 is 1.29 bits per heavy atom. The highest BCUT2D eigenvalue weighted by Gasteiger charge is 2.48. The van der Waals surface area contributed by atoms with E-state index in [-0.39, 0.29) is 18.3 Å². The van der Waals surface area contributed by atoms with E-state index in [1.165, 1.54) is 17.1 Å². The van der Waals surface area contributed by atoms with Crippen molar-refractivity contribution in [3.8, 4) is 0 Å². The van der Waals surface area contributed by atoms with Gasteiger partial charge in [0.15, 0.2) is 0 Å². The monoisotopic (exact) mass is 394 g/mol. The van der Waals surface area contributed by atoms with Crippen molar-refractivity contribution in [3.05, 3.63) is 47.5 Å². The van der Waals surface area contributed by atoms with Gasteiger partial charge in [0.05, 0.1) is 24.3 Å². The lowest BCUT2D eigenvalue weighted by Gasteiger charge is -2.47. The smallest absolute Gasteiger partial charge is 0.369 e. The van der Waals surface area contributed by atoms with Crippen LogP contribution in [-0.4, -0.2) is 44.3 Å². The fourth-order valence-corrected chi connectivity index (χ4v) is 4.17. The van der Waals surface area contributed by atoms with Gasteiger partial charge >= 0.3 is 6.18 Å². The van der Waals surface area contributed by atoms with Gasteiger partial charge in [-0.25, -0.2) is 4.98 Å². The average Bonchev–Trinajstić information content (AvgIpc) is 3.31. The molecule has 150 valence electrons. The fourth-order valence-electron chi connectivity index (χ4n) is 4.17. The van der Waals surface area contributed by atoms with Gasteiger partial charge < -0.3 is 9.64 Å². The number of amides is 1. The minimum Gasteiger partial charge on any atom is -0.369 e. The number of hydrogen-bond donors (Lipinski definition) is 0.